The molecule has 2 fully saturated rings. The molecule has 1 spiro atoms. The minimum Gasteiger partial charge on any atom is -0.357 e. The number of fused-ring (bicyclic) bond motifs is 1. The van der Waals surface area contributed by atoms with Crippen LogP contribution in [0.1, 0.15) is 50.0 Å². The van der Waals surface area contributed by atoms with Crippen molar-refractivity contribution in [1.29, 1.82) is 0 Å². The molecule has 1 aromatic heterocycles. The van der Waals surface area contributed by atoms with E-state index >= 15 is 0 Å². The van der Waals surface area contributed by atoms with Gasteiger partial charge in [-0.2, -0.15) is 0 Å². The first-order valence-electron chi connectivity index (χ1n) is 10.0. The Kier molecular flexibility index (Phi) is 6.88. The Morgan fingerprint density at radius 3 is 2.88 bits per heavy atom. The number of aliphatic imine (C=N–C) groups is 1. The van der Waals surface area contributed by atoms with Gasteiger partial charge < -0.3 is 10.2 Å². The van der Waals surface area contributed by atoms with Crippen LogP contribution < -0.4 is 5.32 Å². The van der Waals surface area contributed by atoms with Crippen molar-refractivity contribution >= 4 is 41.3 Å². The topological polar surface area (TPSA) is 30.9 Å². The molecule has 1 N–H and O–H groups in total. The van der Waals surface area contributed by atoms with E-state index in [9.17, 15) is 0 Å². The van der Waals surface area contributed by atoms with Crippen molar-refractivity contribution in [3.8, 4) is 0 Å². The number of nitrogens with zero attached hydrogens (tertiary/aromatic N) is 3. The Hall–Kier alpha value is -0.340. The number of halogens is 1. The number of rotatable bonds is 4. The summed E-state index contributed by atoms with van der Waals surface area (Å²) in [5, 5.41) is 5.78. The molecule has 1 saturated carbocycles. The van der Waals surface area contributed by atoms with Gasteiger partial charge in [-0.15, -0.1) is 35.3 Å². The molecule has 146 valence electrons. The van der Waals surface area contributed by atoms with Crippen LogP contribution in [0.4, 0.5) is 0 Å². The van der Waals surface area contributed by atoms with Crippen molar-refractivity contribution < 1.29 is 0 Å². The molecule has 0 aromatic carbocycles. The minimum absolute atomic E-state index is 0. The molecule has 4 rings (SSSR count). The standard InChI is InChI=1S/C20H32N4S.HI/c1-3-21-19(24-11-9-20(15-24)7-4-8-20)22-13-16(2)23-10-5-18-17(14-23)6-12-25-18;/h6,12,16H,3-5,7-11,13-15H2,1-2H3,(H,21,22);1H. The lowest BCUT2D eigenvalue weighted by Crippen LogP contribution is -2.44. The highest BCUT2D eigenvalue weighted by Crippen LogP contribution is 2.47. The SMILES string of the molecule is CCNC(=NCC(C)N1CCc2sccc2C1)N1CCC2(CCC2)C1.I. The van der Waals surface area contributed by atoms with E-state index in [0.29, 0.717) is 11.5 Å². The Labute approximate surface area is 179 Å². The number of guanidine groups is 1. The van der Waals surface area contributed by atoms with Crippen LogP contribution in [0.15, 0.2) is 16.4 Å². The van der Waals surface area contributed by atoms with Crippen LogP contribution in [0.5, 0.6) is 0 Å². The van der Waals surface area contributed by atoms with E-state index in [1.807, 2.05) is 11.3 Å². The van der Waals surface area contributed by atoms with E-state index in [1.54, 1.807) is 4.88 Å². The molecule has 0 amide bonds. The van der Waals surface area contributed by atoms with Gasteiger partial charge in [-0.1, -0.05) is 6.42 Å². The Bertz CT molecular complexity index is 625. The Morgan fingerprint density at radius 1 is 1.35 bits per heavy atom. The van der Waals surface area contributed by atoms with Gasteiger partial charge >= 0.3 is 0 Å². The van der Waals surface area contributed by atoms with Gasteiger partial charge in [-0.3, -0.25) is 9.89 Å². The van der Waals surface area contributed by atoms with Crippen molar-refractivity contribution in [3.63, 3.8) is 0 Å². The summed E-state index contributed by atoms with van der Waals surface area (Å²) in [6.07, 6.45) is 6.85. The fraction of sp³-hybridized carbons (Fsp3) is 0.750. The van der Waals surface area contributed by atoms with Crippen LogP contribution >= 0.6 is 35.3 Å². The predicted molar refractivity (Wildman–Crippen MR) is 122 cm³/mol. The van der Waals surface area contributed by atoms with E-state index in [0.717, 1.165) is 25.6 Å². The van der Waals surface area contributed by atoms with Crippen LogP contribution in [-0.2, 0) is 13.0 Å². The van der Waals surface area contributed by atoms with Crippen LogP contribution in [0.3, 0.4) is 0 Å². The average molecular weight is 488 g/mol. The summed E-state index contributed by atoms with van der Waals surface area (Å²) in [5.74, 6) is 1.14. The zero-order chi connectivity index (χ0) is 17.3. The second kappa shape index (κ2) is 8.78. The van der Waals surface area contributed by atoms with E-state index in [-0.39, 0.29) is 24.0 Å². The first-order chi connectivity index (χ1) is 12.2. The molecule has 4 nitrogen and oxygen atoms in total. The summed E-state index contributed by atoms with van der Waals surface area (Å²) >= 11 is 1.92. The molecule has 0 radical (unpaired) electrons. The van der Waals surface area contributed by atoms with Crippen molar-refractivity contribution in [2.24, 2.45) is 10.4 Å². The quantitative estimate of drug-likeness (QED) is 0.396. The van der Waals surface area contributed by atoms with Crippen LogP contribution in [-0.4, -0.2) is 54.5 Å². The molecule has 26 heavy (non-hydrogen) atoms. The number of thiophene rings is 1. The highest BCUT2D eigenvalue weighted by molar-refractivity contribution is 14.0. The molecule has 1 aromatic rings. The Morgan fingerprint density at radius 2 is 2.19 bits per heavy atom. The van der Waals surface area contributed by atoms with Crippen molar-refractivity contribution in [1.82, 2.24) is 15.1 Å². The lowest BCUT2D eigenvalue weighted by atomic mass is 9.68. The van der Waals surface area contributed by atoms with Crippen molar-refractivity contribution in [2.75, 3.05) is 32.7 Å². The van der Waals surface area contributed by atoms with Gasteiger partial charge in [0.15, 0.2) is 5.96 Å². The molecule has 6 heteroatoms. The molecule has 1 saturated heterocycles. The maximum absolute atomic E-state index is 5.03. The summed E-state index contributed by atoms with van der Waals surface area (Å²) in [5.41, 5.74) is 2.16. The van der Waals surface area contributed by atoms with Gasteiger partial charge in [0.05, 0.1) is 6.54 Å². The van der Waals surface area contributed by atoms with E-state index in [1.165, 1.54) is 57.3 Å². The van der Waals surface area contributed by atoms with Gasteiger partial charge in [0.2, 0.25) is 0 Å². The van der Waals surface area contributed by atoms with Crippen LogP contribution in [0.2, 0.25) is 0 Å². The molecular formula is C20H33IN4S. The minimum atomic E-state index is 0. The fourth-order valence-electron chi connectivity index (χ4n) is 4.61. The number of likely N-dealkylation sites (tertiary alicyclic amines) is 1. The second-order valence-corrected chi connectivity index (χ2v) is 9.16. The normalized spacial score (nSPS) is 23.3. The molecule has 1 aliphatic carbocycles. The van der Waals surface area contributed by atoms with Gasteiger partial charge in [-0.05, 0) is 62.0 Å². The number of hydrogen-bond donors (Lipinski definition) is 1. The molecule has 1 unspecified atom stereocenters. The lowest BCUT2D eigenvalue weighted by Gasteiger charge is -2.38. The maximum Gasteiger partial charge on any atom is 0.193 e. The van der Waals surface area contributed by atoms with Gasteiger partial charge in [0.25, 0.3) is 0 Å². The summed E-state index contributed by atoms with van der Waals surface area (Å²) in [4.78, 5) is 11.7. The van der Waals surface area contributed by atoms with E-state index in [2.05, 4.69) is 40.4 Å². The zero-order valence-corrected chi connectivity index (χ0v) is 19.3. The third kappa shape index (κ3) is 4.22. The first-order valence-corrected chi connectivity index (χ1v) is 10.9. The van der Waals surface area contributed by atoms with Gasteiger partial charge in [-0.25, -0.2) is 0 Å². The second-order valence-electron chi connectivity index (χ2n) is 8.16. The summed E-state index contributed by atoms with van der Waals surface area (Å²) in [7, 11) is 0. The van der Waals surface area contributed by atoms with Crippen LogP contribution in [0.25, 0.3) is 0 Å². The van der Waals surface area contributed by atoms with Crippen molar-refractivity contribution in [3.05, 3.63) is 21.9 Å². The third-order valence-corrected chi connectivity index (χ3v) is 7.48. The summed E-state index contributed by atoms with van der Waals surface area (Å²) in [6.45, 7) is 11.0. The van der Waals surface area contributed by atoms with E-state index < -0.39 is 0 Å². The average Bonchev–Trinajstić information content (AvgIpc) is 3.24. The third-order valence-electron chi connectivity index (χ3n) is 6.45. The van der Waals surface area contributed by atoms with E-state index in [4.69, 9.17) is 4.99 Å². The predicted octanol–water partition coefficient (Wildman–Crippen LogP) is 3.95. The largest absolute Gasteiger partial charge is 0.357 e. The Balaban J connectivity index is 0.00000196. The lowest BCUT2D eigenvalue weighted by molar-refractivity contribution is 0.151. The monoisotopic (exact) mass is 488 g/mol. The highest BCUT2D eigenvalue weighted by atomic mass is 127. The number of nitrogens with one attached hydrogen (secondary N) is 1. The molecule has 2 aliphatic heterocycles. The fourth-order valence-corrected chi connectivity index (χ4v) is 5.50. The smallest absolute Gasteiger partial charge is 0.193 e. The first kappa shape index (κ1) is 20.4. The molecule has 3 heterocycles. The van der Waals surface area contributed by atoms with Gasteiger partial charge in [0.1, 0.15) is 0 Å². The molecule has 0 bridgehead atoms. The summed E-state index contributed by atoms with van der Waals surface area (Å²) < 4.78 is 0. The van der Waals surface area contributed by atoms with Gasteiger partial charge in [0, 0.05) is 43.6 Å². The molecule has 3 aliphatic rings. The molecular weight excluding hydrogens is 455 g/mol. The molecule has 1 atom stereocenters. The maximum atomic E-state index is 5.03. The zero-order valence-electron chi connectivity index (χ0n) is 16.2. The number of hydrogen-bond acceptors (Lipinski definition) is 3. The van der Waals surface area contributed by atoms with Crippen LogP contribution in [0, 0.1) is 5.41 Å². The summed E-state index contributed by atoms with van der Waals surface area (Å²) in [6, 6.07) is 2.80. The van der Waals surface area contributed by atoms with Crippen molar-refractivity contribution in [2.45, 2.75) is 58.5 Å². The highest BCUT2D eigenvalue weighted by Gasteiger charge is 2.43.